The second kappa shape index (κ2) is 6.00. The molecule has 1 aromatic carbocycles. The Labute approximate surface area is 117 Å². The number of hydrogen-bond donors (Lipinski definition) is 6. The Hall–Kier alpha value is -1.65. The van der Waals surface area contributed by atoms with Gasteiger partial charge in [-0.05, 0) is 0 Å². The van der Waals surface area contributed by atoms with Crippen LogP contribution in [-0.2, 0) is 0 Å². The summed E-state index contributed by atoms with van der Waals surface area (Å²) < 4.78 is 26.2. The van der Waals surface area contributed by atoms with E-state index in [2.05, 4.69) is 9.97 Å². The number of aliphatic hydroxyl groups is 4. The number of fused-ring (bicyclic) bond motifs is 1. The third-order valence-corrected chi connectivity index (χ3v) is 3.16. The van der Waals surface area contributed by atoms with E-state index in [0.29, 0.717) is 0 Å². The van der Waals surface area contributed by atoms with Gasteiger partial charge in [0.1, 0.15) is 24.1 Å². The number of aromatic nitrogens is 2. The molecule has 0 aliphatic carbocycles. The van der Waals surface area contributed by atoms with Gasteiger partial charge in [-0.2, -0.15) is 0 Å². The first kappa shape index (κ1) is 15.7. The van der Waals surface area contributed by atoms with Crippen LogP contribution in [0.1, 0.15) is 11.9 Å². The highest BCUT2D eigenvalue weighted by Crippen LogP contribution is 2.21. The van der Waals surface area contributed by atoms with Crippen LogP contribution in [-0.4, -0.2) is 55.3 Å². The molecule has 9 heteroatoms. The van der Waals surface area contributed by atoms with Crippen molar-refractivity contribution in [1.29, 1.82) is 0 Å². The molecule has 2 rings (SSSR count). The maximum Gasteiger partial charge on any atom is 0.161 e. The summed E-state index contributed by atoms with van der Waals surface area (Å²) in [5.41, 5.74) is 5.96. The van der Waals surface area contributed by atoms with E-state index < -0.39 is 42.6 Å². The lowest BCUT2D eigenvalue weighted by Gasteiger charge is -2.25. The van der Waals surface area contributed by atoms with Crippen molar-refractivity contribution in [3.63, 3.8) is 0 Å². The second-order valence-corrected chi connectivity index (χ2v) is 4.66. The molecule has 7 N–H and O–H groups in total. The van der Waals surface area contributed by atoms with Crippen molar-refractivity contribution in [1.82, 2.24) is 9.97 Å². The molecule has 2 unspecified atom stereocenters. The standard InChI is InChI=1S/C12H15F2N3O4/c13-4-1-6-7(2-5(4)14)17-12(16-6)9(15)11(21)10(20)8(19)3-18/h1-2,8-11,18-21H,3,15H2,(H,16,17)/t8?,9-,10+,11?/m0/s1. The van der Waals surface area contributed by atoms with Crippen molar-refractivity contribution >= 4 is 11.0 Å². The van der Waals surface area contributed by atoms with Crippen LogP contribution in [0, 0.1) is 11.6 Å². The summed E-state index contributed by atoms with van der Waals surface area (Å²) in [6.45, 7) is -0.762. The van der Waals surface area contributed by atoms with Gasteiger partial charge in [-0.3, -0.25) is 0 Å². The van der Waals surface area contributed by atoms with Gasteiger partial charge in [0.05, 0.1) is 23.7 Å². The molecule has 0 bridgehead atoms. The molecule has 1 heterocycles. The van der Waals surface area contributed by atoms with E-state index in [1.54, 1.807) is 0 Å². The minimum Gasteiger partial charge on any atom is -0.394 e. The SMILES string of the molecule is N[C@H](c1nc2cc(F)c(F)cc2[nH]1)C(O)[C@H](O)C(O)CO. The first-order valence-electron chi connectivity index (χ1n) is 6.10. The zero-order valence-electron chi connectivity index (χ0n) is 10.7. The van der Waals surface area contributed by atoms with Gasteiger partial charge in [0.25, 0.3) is 0 Å². The molecule has 0 saturated carbocycles. The van der Waals surface area contributed by atoms with E-state index in [1.165, 1.54) is 0 Å². The number of aromatic amines is 1. The second-order valence-electron chi connectivity index (χ2n) is 4.66. The molecule has 0 amide bonds. The molecule has 4 atom stereocenters. The molecule has 0 aliphatic rings. The molecule has 0 saturated heterocycles. The van der Waals surface area contributed by atoms with Crippen LogP contribution in [0.2, 0.25) is 0 Å². The molecule has 0 radical (unpaired) electrons. The number of H-pyrrole nitrogens is 1. The van der Waals surface area contributed by atoms with Crippen molar-refractivity contribution in [3.05, 3.63) is 29.6 Å². The number of nitrogens with zero attached hydrogens (tertiary/aromatic N) is 1. The summed E-state index contributed by atoms with van der Waals surface area (Å²) in [5, 5.41) is 37.4. The van der Waals surface area contributed by atoms with E-state index in [0.717, 1.165) is 12.1 Å². The molecule has 0 aliphatic heterocycles. The molecular formula is C12H15F2N3O4. The number of halogens is 2. The first-order valence-corrected chi connectivity index (χ1v) is 6.10. The molecule has 21 heavy (non-hydrogen) atoms. The van der Waals surface area contributed by atoms with Crippen molar-refractivity contribution in [2.24, 2.45) is 5.73 Å². The maximum absolute atomic E-state index is 13.1. The minimum atomic E-state index is -1.70. The van der Waals surface area contributed by atoms with Crippen LogP contribution in [0.4, 0.5) is 8.78 Å². The van der Waals surface area contributed by atoms with Crippen molar-refractivity contribution in [3.8, 4) is 0 Å². The topological polar surface area (TPSA) is 136 Å². The van der Waals surface area contributed by atoms with E-state index in [-0.39, 0.29) is 16.9 Å². The average Bonchev–Trinajstić information content (AvgIpc) is 2.87. The van der Waals surface area contributed by atoms with E-state index in [4.69, 9.17) is 10.8 Å². The third-order valence-electron chi connectivity index (χ3n) is 3.16. The fourth-order valence-electron chi connectivity index (χ4n) is 1.89. The van der Waals surface area contributed by atoms with Crippen LogP contribution in [0.5, 0.6) is 0 Å². The summed E-state index contributed by atoms with van der Waals surface area (Å²) in [6, 6.07) is 0.502. The van der Waals surface area contributed by atoms with Gasteiger partial charge in [0.2, 0.25) is 0 Å². The molecular weight excluding hydrogens is 288 g/mol. The first-order chi connectivity index (χ1) is 9.85. The number of nitrogens with one attached hydrogen (secondary N) is 1. The lowest BCUT2D eigenvalue weighted by atomic mass is 10.0. The van der Waals surface area contributed by atoms with E-state index in [9.17, 15) is 24.1 Å². The van der Waals surface area contributed by atoms with Crippen molar-refractivity contribution in [2.45, 2.75) is 24.4 Å². The molecule has 7 nitrogen and oxygen atoms in total. The van der Waals surface area contributed by atoms with Gasteiger partial charge in [-0.1, -0.05) is 0 Å². The van der Waals surface area contributed by atoms with Crippen molar-refractivity contribution < 1.29 is 29.2 Å². The largest absolute Gasteiger partial charge is 0.394 e. The van der Waals surface area contributed by atoms with Crippen molar-refractivity contribution in [2.75, 3.05) is 6.61 Å². The fraction of sp³-hybridized carbons (Fsp3) is 0.417. The monoisotopic (exact) mass is 303 g/mol. The Morgan fingerprint density at radius 1 is 1.14 bits per heavy atom. The highest BCUT2D eigenvalue weighted by molar-refractivity contribution is 5.75. The quantitative estimate of drug-likeness (QED) is 0.416. The summed E-state index contributed by atoms with van der Waals surface area (Å²) in [7, 11) is 0. The van der Waals surface area contributed by atoms with E-state index >= 15 is 0 Å². The van der Waals surface area contributed by atoms with Crippen LogP contribution >= 0.6 is 0 Å². The lowest BCUT2D eigenvalue weighted by molar-refractivity contribution is -0.0844. The normalized spacial score (nSPS) is 17.7. The average molecular weight is 303 g/mol. The molecule has 2 aromatic rings. The Kier molecular flexibility index (Phi) is 4.49. The highest BCUT2D eigenvalue weighted by Gasteiger charge is 2.31. The maximum atomic E-state index is 13.1. The lowest BCUT2D eigenvalue weighted by Crippen LogP contribution is -2.45. The summed E-state index contributed by atoms with van der Waals surface area (Å²) in [5.74, 6) is -2.17. The van der Waals surface area contributed by atoms with E-state index in [1.807, 2.05) is 0 Å². The van der Waals surface area contributed by atoms with Gasteiger partial charge in [0, 0.05) is 12.1 Å². The number of aliphatic hydroxyl groups excluding tert-OH is 4. The Morgan fingerprint density at radius 3 is 2.38 bits per heavy atom. The van der Waals surface area contributed by atoms with Gasteiger partial charge in [0.15, 0.2) is 11.6 Å². The third kappa shape index (κ3) is 3.01. The number of hydrogen-bond acceptors (Lipinski definition) is 6. The number of nitrogens with two attached hydrogens (primary N) is 1. The zero-order chi connectivity index (χ0) is 15.7. The Bertz CT molecular complexity index is 597. The zero-order valence-corrected chi connectivity index (χ0v) is 10.7. The molecule has 0 fully saturated rings. The predicted octanol–water partition coefficient (Wildman–Crippen LogP) is -1.08. The summed E-state index contributed by atoms with van der Waals surface area (Å²) in [4.78, 5) is 6.50. The van der Waals surface area contributed by atoms with Crippen LogP contribution in [0.15, 0.2) is 12.1 Å². The van der Waals surface area contributed by atoms with Crippen LogP contribution in [0.25, 0.3) is 11.0 Å². The molecule has 1 aromatic heterocycles. The smallest absolute Gasteiger partial charge is 0.161 e. The van der Waals surface area contributed by atoms with Gasteiger partial charge >= 0.3 is 0 Å². The number of imidazole rings is 1. The summed E-state index contributed by atoms with van der Waals surface area (Å²) in [6.07, 6.45) is -4.92. The van der Waals surface area contributed by atoms with Gasteiger partial charge < -0.3 is 31.1 Å². The predicted molar refractivity (Wildman–Crippen MR) is 68.0 cm³/mol. The molecule has 0 spiro atoms. The highest BCUT2D eigenvalue weighted by atomic mass is 19.2. The van der Waals surface area contributed by atoms with Gasteiger partial charge in [-0.15, -0.1) is 0 Å². The Morgan fingerprint density at radius 2 is 1.76 bits per heavy atom. The Balaban J connectivity index is 2.28. The summed E-state index contributed by atoms with van der Waals surface area (Å²) >= 11 is 0. The van der Waals surface area contributed by atoms with Crippen LogP contribution < -0.4 is 5.73 Å². The fourth-order valence-corrected chi connectivity index (χ4v) is 1.89. The van der Waals surface area contributed by atoms with Crippen LogP contribution in [0.3, 0.4) is 0 Å². The van der Waals surface area contributed by atoms with Gasteiger partial charge in [-0.25, -0.2) is 13.8 Å². The number of benzene rings is 1. The minimum absolute atomic E-state index is 0.0216. The number of rotatable bonds is 5. The molecule has 116 valence electrons.